The molecule has 23 heavy (non-hydrogen) atoms. The summed E-state index contributed by atoms with van der Waals surface area (Å²) < 4.78 is 18.6. The molecule has 1 atom stereocenters. The normalized spacial score (nSPS) is 16.5. The van der Waals surface area contributed by atoms with Crippen LogP contribution in [0.2, 0.25) is 0 Å². The van der Waals surface area contributed by atoms with E-state index in [0.29, 0.717) is 5.56 Å². The minimum absolute atomic E-state index is 0.0514. The smallest absolute Gasteiger partial charge is 0.224 e. The Balaban J connectivity index is 1.67. The van der Waals surface area contributed by atoms with Crippen LogP contribution in [0.3, 0.4) is 0 Å². The summed E-state index contributed by atoms with van der Waals surface area (Å²) in [6, 6.07) is 12.9. The van der Waals surface area contributed by atoms with Gasteiger partial charge < -0.3 is 10.1 Å². The first-order chi connectivity index (χ1) is 11.2. The van der Waals surface area contributed by atoms with Crippen LogP contribution in [0.4, 0.5) is 4.39 Å². The summed E-state index contributed by atoms with van der Waals surface area (Å²) in [6.07, 6.45) is 3.24. The van der Waals surface area contributed by atoms with Gasteiger partial charge in [0, 0.05) is 0 Å². The first-order valence-electron chi connectivity index (χ1n) is 7.87. The highest BCUT2D eigenvalue weighted by Crippen LogP contribution is 2.29. The van der Waals surface area contributed by atoms with Crippen molar-refractivity contribution in [2.75, 3.05) is 7.11 Å². The molecule has 4 heteroatoms. The first-order valence-corrected chi connectivity index (χ1v) is 7.87. The molecule has 3 rings (SSSR count). The van der Waals surface area contributed by atoms with Gasteiger partial charge in [0.05, 0.1) is 19.6 Å². The van der Waals surface area contributed by atoms with E-state index in [1.807, 2.05) is 12.1 Å². The van der Waals surface area contributed by atoms with Crippen molar-refractivity contribution in [2.24, 2.45) is 0 Å². The van der Waals surface area contributed by atoms with Gasteiger partial charge in [-0.1, -0.05) is 30.3 Å². The second kappa shape index (κ2) is 6.82. The number of aryl methyl sites for hydroxylation is 1. The van der Waals surface area contributed by atoms with Crippen LogP contribution in [0.25, 0.3) is 0 Å². The van der Waals surface area contributed by atoms with Crippen molar-refractivity contribution in [2.45, 2.75) is 31.7 Å². The molecule has 0 fully saturated rings. The van der Waals surface area contributed by atoms with Gasteiger partial charge in [0.25, 0.3) is 0 Å². The highest BCUT2D eigenvalue weighted by molar-refractivity contribution is 5.79. The van der Waals surface area contributed by atoms with Crippen LogP contribution in [0, 0.1) is 5.82 Å². The second-order valence-electron chi connectivity index (χ2n) is 5.86. The maximum atomic E-state index is 13.7. The van der Waals surface area contributed by atoms with Gasteiger partial charge in [-0.05, 0) is 48.1 Å². The monoisotopic (exact) mass is 313 g/mol. The van der Waals surface area contributed by atoms with Gasteiger partial charge in [-0.15, -0.1) is 0 Å². The molecule has 0 heterocycles. The minimum atomic E-state index is -0.444. The number of carbonyl (C=O) groups is 1. The number of amides is 1. The maximum absolute atomic E-state index is 13.7. The van der Waals surface area contributed by atoms with Gasteiger partial charge in [0.2, 0.25) is 5.91 Å². The Bertz CT molecular complexity index is 714. The molecule has 0 unspecified atom stereocenters. The molecular formula is C19H20FNO2. The van der Waals surface area contributed by atoms with Crippen LogP contribution < -0.4 is 10.1 Å². The van der Waals surface area contributed by atoms with Gasteiger partial charge >= 0.3 is 0 Å². The molecule has 0 saturated heterocycles. The number of carbonyl (C=O) groups excluding carboxylic acids is 1. The molecule has 0 aliphatic heterocycles. The predicted molar refractivity (Wildman–Crippen MR) is 86.9 cm³/mol. The van der Waals surface area contributed by atoms with Crippen molar-refractivity contribution >= 4 is 5.91 Å². The molecule has 1 aliphatic rings. The van der Waals surface area contributed by atoms with Crippen molar-refractivity contribution in [3.8, 4) is 5.75 Å². The number of methoxy groups -OCH3 is 1. The Labute approximate surface area is 135 Å². The number of halogens is 1. The Kier molecular flexibility index (Phi) is 4.60. The molecule has 0 bridgehead atoms. The minimum Gasteiger partial charge on any atom is -0.494 e. The Morgan fingerprint density at radius 2 is 2.13 bits per heavy atom. The van der Waals surface area contributed by atoms with Crippen LogP contribution in [0.5, 0.6) is 5.75 Å². The topological polar surface area (TPSA) is 38.3 Å². The SMILES string of the molecule is COc1ccc(CC(=O)N[C@@H]2CCCc3ccccc32)cc1F. The second-order valence-corrected chi connectivity index (χ2v) is 5.86. The largest absolute Gasteiger partial charge is 0.494 e. The Morgan fingerprint density at radius 1 is 1.30 bits per heavy atom. The van der Waals surface area contributed by atoms with Crippen molar-refractivity contribution in [1.82, 2.24) is 5.32 Å². The fourth-order valence-corrected chi connectivity index (χ4v) is 3.15. The van der Waals surface area contributed by atoms with Crippen LogP contribution in [0.15, 0.2) is 42.5 Å². The van der Waals surface area contributed by atoms with Crippen LogP contribution in [-0.2, 0) is 17.6 Å². The number of benzene rings is 2. The lowest BCUT2D eigenvalue weighted by atomic mass is 9.87. The fraction of sp³-hybridized carbons (Fsp3) is 0.316. The van der Waals surface area contributed by atoms with E-state index >= 15 is 0 Å². The molecule has 1 N–H and O–H groups in total. The number of ether oxygens (including phenoxy) is 1. The molecular weight excluding hydrogens is 293 g/mol. The average Bonchev–Trinajstić information content (AvgIpc) is 2.55. The molecule has 1 amide bonds. The number of hydrogen-bond donors (Lipinski definition) is 1. The lowest BCUT2D eigenvalue weighted by Gasteiger charge is -2.26. The van der Waals surface area contributed by atoms with Crippen molar-refractivity contribution in [1.29, 1.82) is 0 Å². The summed E-state index contributed by atoms with van der Waals surface area (Å²) in [4.78, 5) is 12.3. The predicted octanol–water partition coefficient (Wildman–Crippen LogP) is 3.57. The van der Waals surface area contributed by atoms with Crippen LogP contribution >= 0.6 is 0 Å². The van der Waals surface area contributed by atoms with Gasteiger partial charge in [0.1, 0.15) is 0 Å². The molecule has 3 nitrogen and oxygen atoms in total. The summed E-state index contributed by atoms with van der Waals surface area (Å²) in [6.45, 7) is 0. The summed E-state index contributed by atoms with van der Waals surface area (Å²) in [7, 11) is 1.42. The fourth-order valence-electron chi connectivity index (χ4n) is 3.15. The standard InChI is InChI=1S/C19H20FNO2/c1-23-18-10-9-13(11-16(18)20)12-19(22)21-17-8-4-6-14-5-2-3-7-15(14)17/h2-3,5,7,9-11,17H,4,6,8,12H2,1H3,(H,21,22)/t17-/m1/s1. The number of hydrogen-bond acceptors (Lipinski definition) is 2. The summed E-state index contributed by atoms with van der Waals surface area (Å²) in [5, 5.41) is 3.08. The lowest BCUT2D eigenvalue weighted by Crippen LogP contribution is -2.32. The molecule has 0 aromatic heterocycles. The zero-order valence-electron chi connectivity index (χ0n) is 13.1. The van der Waals surface area contributed by atoms with E-state index in [1.165, 1.54) is 24.3 Å². The number of fused-ring (bicyclic) bond motifs is 1. The zero-order valence-corrected chi connectivity index (χ0v) is 13.1. The van der Waals surface area contributed by atoms with Crippen molar-refractivity contribution in [3.05, 3.63) is 65.0 Å². The van der Waals surface area contributed by atoms with Crippen LogP contribution in [-0.4, -0.2) is 13.0 Å². The third-order valence-corrected chi connectivity index (χ3v) is 4.29. The zero-order chi connectivity index (χ0) is 16.2. The number of rotatable bonds is 4. The van der Waals surface area contributed by atoms with E-state index in [-0.39, 0.29) is 24.1 Å². The van der Waals surface area contributed by atoms with E-state index < -0.39 is 5.82 Å². The van der Waals surface area contributed by atoms with Crippen LogP contribution in [0.1, 0.15) is 35.6 Å². The molecule has 1 aliphatic carbocycles. The van der Waals surface area contributed by atoms with E-state index in [1.54, 1.807) is 12.1 Å². The quantitative estimate of drug-likeness (QED) is 0.937. The first kappa shape index (κ1) is 15.5. The van der Waals surface area contributed by atoms with Gasteiger partial charge in [-0.25, -0.2) is 4.39 Å². The molecule has 0 spiro atoms. The molecule has 120 valence electrons. The van der Waals surface area contributed by atoms with E-state index in [4.69, 9.17) is 4.74 Å². The van der Waals surface area contributed by atoms with Gasteiger partial charge in [-0.2, -0.15) is 0 Å². The summed E-state index contributed by atoms with van der Waals surface area (Å²) in [5.74, 6) is -0.340. The van der Waals surface area contributed by atoms with Gasteiger partial charge in [-0.3, -0.25) is 4.79 Å². The molecule has 0 radical (unpaired) electrons. The average molecular weight is 313 g/mol. The Hall–Kier alpha value is -2.36. The highest BCUT2D eigenvalue weighted by Gasteiger charge is 2.21. The summed E-state index contributed by atoms with van der Waals surface area (Å²) in [5.41, 5.74) is 3.15. The molecule has 0 saturated carbocycles. The van der Waals surface area contributed by atoms with Crippen molar-refractivity contribution < 1.29 is 13.9 Å². The van der Waals surface area contributed by atoms with Crippen molar-refractivity contribution in [3.63, 3.8) is 0 Å². The lowest BCUT2D eigenvalue weighted by molar-refractivity contribution is -0.121. The van der Waals surface area contributed by atoms with E-state index in [9.17, 15) is 9.18 Å². The number of nitrogens with one attached hydrogen (secondary N) is 1. The van der Waals surface area contributed by atoms with E-state index in [2.05, 4.69) is 17.4 Å². The third kappa shape index (κ3) is 3.52. The third-order valence-electron chi connectivity index (χ3n) is 4.29. The van der Waals surface area contributed by atoms with E-state index in [0.717, 1.165) is 19.3 Å². The van der Waals surface area contributed by atoms with Gasteiger partial charge in [0.15, 0.2) is 11.6 Å². The Morgan fingerprint density at radius 3 is 2.91 bits per heavy atom. The molecule has 2 aromatic rings. The maximum Gasteiger partial charge on any atom is 0.224 e. The highest BCUT2D eigenvalue weighted by atomic mass is 19.1. The summed E-state index contributed by atoms with van der Waals surface area (Å²) >= 11 is 0. The molecule has 2 aromatic carbocycles.